The molecule has 6 atom stereocenters. The summed E-state index contributed by atoms with van der Waals surface area (Å²) in [5.74, 6) is -2.81. The summed E-state index contributed by atoms with van der Waals surface area (Å²) in [5.41, 5.74) is 4.23. The molecule has 256 valence electrons. The van der Waals surface area contributed by atoms with Crippen LogP contribution in [0, 0.1) is 28.6 Å². The minimum Gasteiger partial charge on any atom is -0.363 e. The molecule has 1 saturated carbocycles. The number of amides is 5. The summed E-state index contributed by atoms with van der Waals surface area (Å²) in [5, 5.41) is 7.73. The second-order valence-electron chi connectivity index (χ2n) is 15.7. The number of nitrogens with two attached hydrogens (primary N) is 1. The number of carbonyl (C=O) groups excluding carboxylic acids is 5. The van der Waals surface area contributed by atoms with Crippen LogP contribution < -0.4 is 21.7 Å². The molecule has 2 heterocycles. The van der Waals surface area contributed by atoms with Crippen LogP contribution in [0.1, 0.15) is 100 Å². The topological polar surface area (TPSA) is 185 Å². The van der Waals surface area contributed by atoms with Crippen molar-refractivity contribution in [1.29, 1.82) is 0 Å². The van der Waals surface area contributed by atoms with Gasteiger partial charge in [-0.1, -0.05) is 74.7 Å². The zero-order chi connectivity index (χ0) is 34.1. The maximum Gasteiger partial charge on any atom is 0.315 e. The quantitative estimate of drug-likeness (QED) is 0.247. The third-order valence-electron chi connectivity index (χ3n) is 10.3. The van der Waals surface area contributed by atoms with Crippen LogP contribution in [-0.2, 0) is 29.0 Å². The van der Waals surface area contributed by atoms with E-state index < -0.39 is 74.2 Å². The van der Waals surface area contributed by atoms with Gasteiger partial charge in [-0.2, -0.15) is 0 Å². The summed E-state index contributed by atoms with van der Waals surface area (Å²) in [6.45, 7) is 15.4. The van der Waals surface area contributed by atoms with Crippen LogP contribution in [0.4, 0.5) is 4.79 Å². The average Bonchev–Trinajstić information content (AvgIpc) is 3.24. The largest absolute Gasteiger partial charge is 0.363 e. The Kier molecular flexibility index (Phi) is 11.4. The lowest BCUT2D eigenvalue weighted by Gasteiger charge is -2.48. The second-order valence-corrected chi connectivity index (χ2v) is 18.0. The molecule has 5 amide bonds. The SMILES string of the molecule is CC(C)C(NC(=O)N[C@H](C(=O)N1CC(C)C(C)(C)C[C@H]1C(=O)NC(CC1CCC1)C(=O)C(N)=O)C(C)(C)C)C1CCCS1(=O)=O. The van der Waals surface area contributed by atoms with Crippen molar-refractivity contribution >= 4 is 39.4 Å². The molecule has 0 spiro atoms. The number of rotatable bonds is 11. The number of likely N-dealkylation sites (tertiary alicyclic amines) is 1. The maximum absolute atomic E-state index is 14.4. The fourth-order valence-electron chi connectivity index (χ4n) is 6.74. The molecule has 12 nitrogen and oxygen atoms in total. The number of hydrogen-bond acceptors (Lipinski definition) is 7. The third kappa shape index (κ3) is 8.77. The van der Waals surface area contributed by atoms with E-state index in [2.05, 4.69) is 16.0 Å². The maximum atomic E-state index is 14.4. The molecule has 2 saturated heterocycles. The highest BCUT2D eigenvalue weighted by molar-refractivity contribution is 7.92. The first-order chi connectivity index (χ1) is 20.7. The van der Waals surface area contributed by atoms with Gasteiger partial charge < -0.3 is 26.6 Å². The molecule has 5 N–H and O–H groups in total. The first-order valence-electron chi connectivity index (χ1n) is 16.4. The summed E-state index contributed by atoms with van der Waals surface area (Å²) in [6.07, 6.45) is 4.47. The number of urea groups is 1. The lowest BCUT2D eigenvalue weighted by molar-refractivity contribution is -0.151. The fourth-order valence-corrected chi connectivity index (χ4v) is 8.96. The molecule has 3 fully saturated rings. The highest BCUT2D eigenvalue weighted by Crippen LogP contribution is 2.40. The molecule has 3 aliphatic rings. The predicted molar refractivity (Wildman–Crippen MR) is 171 cm³/mol. The number of sulfone groups is 1. The van der Waals surface area contributed by atoms with Gasteiger partial charge in [-0.05, 0) is 54.3 Å². The number of ketones is 1. The number of Topliss-reactive ketones (excluding diaryl/α,β-unsaturated/α-hetero) is 1. The molecular weight excluding hydrogens is 598 g/mol. The molecule has 0 aromatic rings. The van der Waals surface area contributed by atoms with E-state index in [-0.39, 0.29) is 35.5 Å². The number of nitrogens with zero attached hydrogens (tertiary/aromatic N) is 1. The Hall–Kier alpha value is -2.70. The normalized spacial score (nSPS) is 26.7. The van der Waals surface area contributed by atoms with E-state index in [0.717, 1.165) is 19.3 Å². The van der Waals surface area contributed by atoms with E-state index in [1.807, 2.05) is 55.4 Å². The van der Waals surface area contributed by atoms with Gasteiger partial charge >= 0.3 is 6.03 Å². The first-order valence-corrected chi connectivity index (χ1v) is 18.1. The van der Waals surface area contributed by atoms with Crippen molar-refractivity contribution in [2.75, 3.05) is 12.3 Å². The molecular formula is C32H55N5O7S. The summed E-state index contributed by atoms with van der Waals surface area (Å²) in [6, 6.07) is -4.34. The molecule has 45 heavy (non-hydrogen) atoms. The van der Waals surface area contributed by atoms with Gasteiger partial charge in [-0.15, -0.1) is 0 Å². The summed E-state index contributed by atoms with van der Waals surface area (Å²) in [4.78, 5) is 67.7. The Morgan fingerprint density at radius 3 is 2.07 bits per heavy atom. The van der Waals surface area contributed by atoms with E-state index in [9.17, 15) is 32.4 Å². The van der Waals surface area contributed by atoms with Crippen LogP contribution in [0.5, 0.6) is 0 Å². The number of primary amides is 1. The minimum absolute atomic E-state index is 0.0101. The molecule has 1 aliphatic carbocycles. The van der Waals surface area contributed by atoms with Gasteiger partial charge in [0.15, 0.2) is 9.84 Å². The van der Waals surface area contributed by atoms with Crippen LogP contribution in [0.2, 0.25) is 0 Å². The monoisotopic (exact) mass is 653 g/mol. The smallest absolute Gasteiger partial charge is 0.315 e. The van der Waals surface area contributed by atoms with Crippen LogP contribution in [-0.4, -0.2) is 84.6 Å². The molecule has 0 bridgehead atoms. The predicted octanol–water partition coefficient (Wildman–Crippen LogP) is 2.29. The van der Waals surface area contributed by atoms with Crippen molar-refractivity contribution in [3.63, 3.8) is 0 Å². The Bertz CT molecular complexity index is 1250. The van der Waals surface area contributed by atoms with Gasteiger partial charge in [0.25, 0.3) is 5.91 Å². The summed E-state index contributed by atoms with van der Waals surface area (Å²) >= 11 is 0. The van der Waals surface area contributed by atoms with Gasteiger partial charge in [0.1, 0.15) is 12.1 Å². The molecule has 0 aromatic heterocycles. The summed E-state index contributed by atoms with van der Waals surface area (Å²) in [7, 11) is -3.34. The minimum atomic E-state index is -3.34. The van der Waals surface area contributed by atoms with Crippen LogP contribution in [0.25, 0.3) is 0 Å². The van der Waals surface area contributed by atoms with Crippen molar-refractivity contribution in [3.05, 3.63) is 0 Å². The van der Waals surface area contributed by atoms with Crippen LogP contribution in [0.3, 0.4) is 0 Å². The third-order valence-corrected chi connectivity index (χ3v) is 12.6. The molecule has 0 radical (unpaired) electrons. The zero-order valence-electron chi connectivity index (χ0n) is 28.3. The molecule has 3 rings (SSSR count). The lowest BCUT2D eigenvalue weighted by atomic mass is 9.71. The van der Waals surface area contributed by atoms with E-state index >= 15 is 0 Å². The van der Waals surface area contributed by atoms with Crippen molar-refractivity contribution in [2.45, 2.75) is 130 Å². The number of hydrogen-bond donors (Lipinski definition) is 4. The Labute approximate surface area is 268 Å². The lowest BCUT2D eigenvalue weighted by Crippen LogP contribution is -2.65. The molecule has 4 unspecified atom stereocenters. The number of nitrogens with one attached hydrogen (secondary N) is 3. The number of carbonyl (C=O) groups is 5. The average molecular weight is 654 g/mol. The molecule has 13 heteroatoms. The Morgan fingerprint density at radius 2 is 1.60 bits per heavy atom. The van der Waals surface area contributed by atoms with Gasteiger partial charge in [-0.3, -0.25) is 19.2 Å². The van der Waals surface area contributed by atoms with Crippen molar-refractivity contribution in [1.82, 2.24) is 20.9 Å². The summed E-state index contributed by atoms with van der Waals surface area (Å²) < 4.78 is 25.4. The van der Waals surface area contributed by atoms with Crippen molar-refractivity contribution < 1.29 is 32.4 Å². The van der Waals surface area contributed by atoms with E-state index in [0.29, 0.717) is 25.7 Å². The van der Waals surface area contributed by atoms with Crippen LogP contribution in [0.15, 0.2) is 0 Å². The van der Waals surface area contributed by atoms with E-state index in [4.69, 9.17) is 5.73 Å². The van der Waals surface area contributed by atoms with Gasteiger partial charge in [0.05, 0.1) is 17.0 Å². The highest BCUT2D eigenvalue weighted by Gasteiger charge is 2.48. The zero-order valence-corrected chi connectivity index (χ0v) is 29.1. The van der Waals surface area contributed by atoms with Crippen molar-refractivity contribution in [3.8, 4) is 0 Å². The molecule has 2 aliphatic heterocycles. The first kappa shape index (κ1) is 36.8. The van der Waals surface area contributed by atoms with Crippen LogP contribution >= 0.6 is 0 Å². The number of piperidine rings is 1. The van der Waals surface area contributed by atoms with Gasteiger partial charge in [0.2, 0.25) is 17.6 Å². The Morgan fingerprint density at radius 1 is 0.978 bits per heavy atom. The van der Waals surface area contributed by atoms with Gasteiger partial charge in [0, 0.05) is 12.6 Å². The standard InChI is InChI=1S/C32H55N5O7S/c1-18(2)24(23-13-10-14-45(23,43)44)35-30(42)36-26(31(4,5)6)29(41)37-17-19(3)32(7,8)16-22(37)28(40)34-21(25(38)27(33)39)15-20-11-9-12-20/h18-24,26H,9-17H2,1-8H3,(H2,33,39)(H,34,40)(H2,35,36,42)/t19?,21?,22-,23?,24?,26+/m0/s1. The molecule has 0 aromatic carbocycles. The fraction of sp³-hybridized carbons (Fsp3) is 0.844. The highest BCUT2D eigenvalue weighted by atomic mass is 32.2. The van der Waals surface area contributed by atoms with Crippen molar-refractivity contribution in [2.24, 2.45) is 34.3 Å². The van der Waals surface area contributed by atoms with E-state index in [1.165, 1.54) is 4.90 Å². The Balaban J connectivity index is 1.86. The second kappa shape index (κ2) is 14.0. The van der Waals surface area contributed by atoms with E-state index in [1.54, 1.807) is 0 Å². The van der Waals surface area contributed by atoms with Gasteiger partial charge in [-0.25, -0.2) is 13.2 Å².